The minimum atomic E-state index is -0.291. The van der Waals surface area contributed by atoms with Gasteiger partial charge in [0.25, 0.3) is 5.91 Å². The van der Waals surface area contributed by atoms with Crippen molar-refractivity contribution in [1.29, 1.82) is 0 Å². The SMILES string of the molecule is COc1ccc(-c2cc(C(=O)N3CCCC3c3ccc(F)cc3)no2)cc1OC. The predicted molar refractivity (Wildman–Crippen MR) is 104 cm³/mol. The number of rotatable bonds is 5. The van der Waals surface area contributed by atoms with Crippen molar-refractivity contribution in [3.8, 4) is 22.8 Å². The summed E-state index contributed by atoms with van der Waals surface area (Å²) < 4.78 is 29.2. The van der Waals surface area contributed by atoms with Gasteiger partial charge in [-0.15, -0.1) is 0 Å². The molecule has 29 heavy (non-hydrogen) atoms. The number of likely N-dealkylation sites (tertiary alicyclic amines) is 1. The number of benzene rings is 2. The van der Waals surface area contributed by atoms with Crippen LogP contribution >= 0.6 is 0 Å². The first kappa shape index (κ1) is 19.0. The highest BCUT2D eigenvalue weighted by atomic mass is 19.1. The molecule has 1 aliphatic rings. The van der Waals surface area contributed by atoms with Gasteiger partial charge in [-0.25, -0.2) is 4.39 Å². The summed E-state index contributed by atoms with van der Waals surface area (Å²) in [6.45, 7) is 0.624. The van der Waals surface area contributed by atoms with E-state index in [2.05, 4.69) is 5.16 Å². The Kier molecular flexibility index (Phi) is 5.20. The highest BCUT2D eigenvalue weighted by Crippen LogP contribution is 2.35. The molecule has 0 spiro atoms. The van der Waals surface area contributed by atoms with E-state index in [0.717, 1.165) is 24.0 Å². The second-order valence-corrected chi connectivity index (χ2v) is 6.85. The zero-order chi connectivity index (χ0) is 20.4. The first-order valence-corrected chi connectivity index (χ1v) is 9.36. The smallest absolute Gasteiger partial charge is 0.276 e. The Hall–Kier alpha value is -3.35. The summed E-state index contributed by atoms with van der Waals surface area (Å²) in [7, 11) is 3.12. The number of methoxy groups -OCH3 is 2. The molecule has 1 atom stereocenters. The molecule has 6 nitrogen and oxygen atoms in total. The molecule has 0 radical (unpaired) electrons. The number of amides is 1. The zero-order valence-corrected chi connectivity index (χ0v) is 16.2. The van der Waals surface area contributed by atoms with Gasteiger partial charge in [0, 0.05) is 18.2 Å². The van der Waals surface area contributed by atoms with Crippen LogP contribution in [0.5, 0.6) is 11.5 Å². The van der Waals surface area contributed by atoms with E-state index in [4.69, 9.17) is 14.0 Å². The van der Waals surface area contributed by atoms with E-state index in [1.54, 1.807) is 49.5 Å². The quantitative estimate of drug-likeness (QED) is 0.636. The Bertz CT molecular complexity index is 1020. The van der Waals surface area contributed by atoms with Crippen LogP contribution in [0.1, 0.15) is 34.9 Å². The topological polar surface area (TPSA) is 64.8 Å². The number of carbonyl (C=O) groups is 1. The van der Waals surface area contributed by atoms with E-state index in [9.17, 15) is 9.18 Å². The number of halogens is 1. The summed E-state index contributed by atoms with van der Waals surface area (Å²) in [6.07, 6.45) is 1.71. The third-order valence-corrected chi connectivity index (χ3v) is 5.17. The molecule has 0 aliphatic carbocycles. The zero-order valence-electron chi connectivity index (χ0n) is 16.2. The van der Waals surface area contributed by atoms with Gasteiger partial charge >= 0.3 is 0 Å². The van der Waals surface area contributed by atoms with Gasteiger partial charge in [0.15, 0.2) is 23.0 Å². The minimum Gasteiger partial charge on any atom is -0.493 e. The molecular formula is C22H21FN2O4. The fourth-order valence-electron chi connectivity index (χ4n) is 3.69. The van der Waals surface area contributed by atoms with Crippen LogP contribution in [0.2, 0.25) is 0 Å². The summed E-state index contributed by atoms with van der Waals surface area (Å²) in [4.78, 5) is 14.8. The lowest BCUT2D eigenvalue weighted by molar-refractivity contribution is 0.0725. The number of hydrogen-bond donors (Lipinski definition) is 0. The average molecular weight is 396 g/mol. The van der Waals surface area contributed by atoms with Crippen LogP contribution in [0.15, 0.2) is 53.1 Å². The maximum atomic E-state index is 13.2. The lowest BCUT2D eigenvalue weighted by atomic mass is 10.0. The van der Waals surface area contributed by atoms with Crippen molar-refractivity contribution in [2.45, 2.75) is 18.9 Å². The molecular weight excluding hydrogens is 375 g/mol. The van der Waals surface area contributed by atoms with Gasteiger partial charge in [0.05, 0.1) is 20.3 Å². The van der Waals surface area contributed by atoms with Crippen LogP contribution < -0.4 is 9.47 Å². The van der Waals surface area contributed by atoms with Gasteiger partial charge in [0.2, 0.25) is 0 Å². The minimum absolute atomic E-state index is 0.0932. The summed E-state index contributed by atoms with van der Waals surface area (Å²) in [6, 6.07) is 13.2. The predicted octanol–water partition coefficient (Wildman–Crippen LogP) is 4.48. The highest BCUT2D eigenvalue weighted by molar-refractivity contribution is 5.93. The Morgan fingerprint density at radius 3 is 2.59 bits per heavy atom. The molecule has 1 aromatic heterocycles. The lowest BCUT2D eigenvalue weighted by Gasteiger charge is -2.24. The molecule has 1 unspecified atom stereocenters. The van der Waals surface area contributed by atoms with Crippen LogP contribution in [0.3, 0.4) is 0 Å². The normalized spacial score (nSPS) is 16.1. The molecule has 4 rings (SSSR count). The molecule has 0 saturated carbocycles. The molecule has 1 aliphatic heterocycles. The number of ether oxygens (including phenoxy) is 2. The van der Waals surface area contributed by atoms with Crippen molar-refractivity contribution in [2.24, 2.45) is 0 Å². The second kappa shape index (κ2) is 7.95. The summed E-state index contributed by atoms with van der Waals surface area (Å²) in [5.41, 5.74) is 1.88. The fourth-order valence-corrected chi connectivity index (χ4v) is 3.69. The van der Waals surface area contributed by atoms with Crippen molar-refractivity contribution in [3.63, 3.8) is 0 Å². The molecule has 2 heterocycles. The molecule has 150 valence electrons. The van der Waals surface area contributed by atoms with Crippen LogP contribution in [-0.4, -0.2) is 36.7 Å². The van der Waals surface area contributed by atoms with Crippen molar-refractivity contribution >= 4 is 5.91 Å². The summed E-state index contributed by atoms with van der Waals surface area (Å²) in [5, 5.41) is 3.98. The highest BCUT2D eigenvalue weighted by Gasteiger charge is 2.32. The van der Waals surface area contributed by atoms with E-state index >= 15 is 0 Å². The van der Waals surface area contributed by atoms with Crippen LogP contribution in [0.25, 0.3) is 11.3 Å². The van der Waals surface area contributed by atoms with Gasteiger partial charge < -0.3 is 18.9 Å². The molecule has 0 bridgehead atoms. The Balaban J connectivity index is 1.57. The number of aromatic nitrogens is 1. The monoisotopic (exact) mass is 396 g/mol. The van der Waals surface area contributed by atoms with E-state index in [1.807, 2.05) is 6.07 Å². The van der Waals surface area contributed by atoms with Crippen LogP contribution in [0.4, 0.5) is 4.39 Å². The van der Waals surface area contributed by atoms with E-state index in [0.29, 0.717) is 23.8 Å². The van der Waals surface area contributed by atoms with Crippen LogP contribution in [-0.2, 0) is 0 Å². The molecule has 0 N–H and O–H groups in total. The summed E-state index contributed by atoms with van der Waals surface area (Å²) >= 11 is 0. The number of carbonyl (C=O) groups excluding carboxylic acids is 1. The van der Waals surface area contributed by atoms with Crippen LogP contribution in [0, 0.1) is 5.82 Å². The van der Waals surface area contributed by atoms with Gasteiger partial charge in [-0.3, -0.25) is 4.79 Å². The van der Waals surface area contributed by atoms with Gasteiger partial charge in [0.1, 0.15) is 5.82 Å². The average Bonchev–Trinajstić information content (AvgIpc) is 3.43. The van der Waals surface area contributed by atoms with Gasteiger partial charge in [-0.2, -0.15) is 0 Å². The van der Waals surface area contributed by atoms with Crippen molar-refractivity contribution < 1.29 is 23.2 Å². The molecule has 1 amide bonds. The van der Waals surface area contributed by atoms with Crippen molar-refractivity contribution in [1.82, 2.24) is 10.1 Å². The Morgan fingerprint density at radius 1 is 1.10 bits per heavy atom. The third-order valence-electron chi connectivity index (χ3n) is 5.17. The van der Waals surface area contributed by atoms with Crippen molar-refractivity contribution in [3.05, 3.63) is 65.6 Å². The molecule has 1 saturated heterocycles. The Morgan fingerprint density at radius 2 is 1.86 bits per heavy atom. The summed E-state index contributed by atoms with van der Waals surface area (Å²) in [5.74, 6) is 1.14. The maximum absolute atomic E-state index is 13.2. The van der Waals surface area contributed by atoms with E-state index < -0.39 is 0 Å². The molecule has 7 heteroatoms. The molecule has 3 aromatic rings. The van der Waals surface area contributed by atoms with E-state index in [1.165, 1.54) is 12.1 Å². The fraction of sp³-hybridized carbons (Fsp3) is 0.273. The first-order chi connectivity index (χ1) is 14.1. The lowest BCUT2D eigenvalue weighted by Crippen LogP contribution is -2.30. The standard InChI is InChI=1S/C22H21FN2O4/c1-27-19-10-7-15(12-21(19)28-2)20-13-17(24-29-20)22(26)25-11-3-4-18(25)14-5-8-16(23)9-6-14/h5-10,12-13,18H,3-4,11H2,1-2H3. The van der Waals surface area contributed by atoms with Gasteiger partial charge in [-0.05, 0) is 48.7 Å². The Labute approximate surface area is 167 Å². The van der Waals surface area contributed by atoms with Gasteiger partial charge in [-0.1, -0.05) is 17.3 Å². The molecule has 2 aromatic carbocycles. The largest absolute Gasteiger partial charge is 0.493 e. The molecule has 1 fully saturated rings. The first-order valence-electron chi connectivity index (χ1n) is 9.36. The van der Waals surface area contributed by atoms with Crippen molar-refractivity contribution in [2.75, 3.05) is 20.8 Å². The third kappa shape index (κ3) is 3.68. The number of hydrogen-bond acceptors (Lipinski definition) is 5. The second-order valence-electron chi connectivity index (χ2n) is 6.85. The van der Waals surface area contributed by atoms with E-state index in [-0.39, 0.29) is 23.5 Å². The number of nitrogens with zero attached hydrogens (tertiary/aromatic N) is 2. The maximum Gasteiger partial charge on any atom is 0.276 e.